The lowest BCUT2D eigenvalue weighted by atomic mass is 9.95. The van der Waals surface area contributed by atoms with E-state index in [1.165, 1.54) is 0 Å². The standard InChI is InChI=1S/C18H17N/c1-2-9-17(14-15-10-5-3-6-11-15)18(19)16-12-7-4-8-13-16/h1,3-8,10-14,18H,9,19H2/b17-14+. The highest BCUT2D eigenvalue weighted by atomic mass is 14.6. The Morgan fingerprint density at radius 2 is 1.63 bits per heavy atom. The SMILES string of the molecule is C#CC/C(=C\c1ccccc1)C(N)c1ccccc1. The minimum Gasteiger partial charge on any atom is -0.321 e. The lowest BCUT2D eigenvalue weighted by Crippen LogP contribution is -2.13. The predicted molar refractivity (Wildman–Crippen MR) is 81.2 cm³/mol. The summed E-state index contributed by atoms with van der Waals surface area (Å²) in [5.74, 6) is 2.69. The zero-order valence-electron chi connectivity index (χ0n) is 10.8. The maximum Gasteiger partial charge on any atom is 0.0523 e. The van der Waals surface area contributed by atoms with Gasteiger partial charge in [0.25, 0.3) is 0 Å². The number of hydrogen-bond donors (Lipinski definition) is 1. The topological polar surface area (TPSA) is 26.0 Å². The Morgan fingerprint density at radius 3 is 2.21 bits per heavy atom. The van der Waals surface area contributed by atoms with E-state index in [1.807, 2.05) is 60.7 Å². The van der Waals surface area contributed by atoms with E-state index >= 15 is 0 Å². The van der Waals surface area contributed by atoms with Crippen LogP contribution in [-0.2, 0) is 0 Å². The van der Waals surface area contributed by atoms with E-state index in [-0.39, 0.29) is 6.04 Å². The molecule has 94 valence electrons. The molecule has 0 radical (unpaired) electrons. The first-order valence-electron chi connectivity index (χ1n) is 6.31. The fraction of sp³-hybridized carbons (Fsp3) is 0.111. The Balaban J connectivity index is 2.31. The van der Waals surface area contributed by atoms with Crippen molar-refractivity contribution in [2.45, 2.75) is 12.5 Å². The molecule has 2 rings (SSSR count). The maximum absolute atomic E-state index is 6.31. The molecular formula is C18H17N. The van der Waals surface area contributed by atoms with Crippen LogP contribution in [0.4, 0.5) is 0 Å². The number of terminal acetylenes is 1. The van der Waals surface area contributed by atoms with Gasteiger partial charge < -0.3 is 5.73 Å². The van der Waals surface area contributed by atoms with E-state index in [9.17, 15) is 0 Å². The number of hydrogen-bond acceptors (Lipinski definition) is 1. The third-order valence-corrected chi connectivity index (χ3v) is 3.02. The minimum atomic E-state index is -0.155. The van der Waals surface area contributed by atoms with Crippen molar-refractivity contribution >= 4 is 6.08 Å². The molecule has 0 bridgehead atoms. The van der Waals surface area contributed by atoms with Crippen LogP contribution in [-0.4, -0.2) is 0 Å². The highest BCUT2D eigenvalue weighted by molar-refractivity contribution is 5.55. The highest BCUT2D eigenvalue weighted by Crippen LogP contribution is 2.23. The van der Waals surface area contributed by atoms with Crippen LogP contribution < -0.4 is 5.73 Å². The minimum absolute atomic E-state index is 0.155. The summed E-state index contributed by atoms with van der Waals surface area (Å²) in [5, 5.41) is 0. The van der Waals surface area contributed by atoms with Crippen molar-refractivity contribution in [3.8, 4) is 12.3 Å². The van der Waals surface area contributed by atoms with Crippen molar-refractivity contribution in [3.05, 3.63) is 77.4 Å². The van der Waals surface area contributed by atoms with E-state index in [2.05, 4.69) is 12.0 Å². The van der Waals surface area contributed by atoms with Crippen molar-refractivity contribution < 1.29 is 0 Å². The summed E-state index contributed by atoms with van der Waals surface area (Å²) in [6, 6.07) is 20.0. The van der Waals surface area contributed by atoms with Crippen molar-refractivity contribution in [1.82, 2.24) is 0 Å². The molecule has 2 aromatic carbocycles. The monoisotopic (exact) mass is 247 g/mol. The zero-order chi connectivity index (χ0) is 13.5. The summed E-state index contributed by atoms with van der Waals surface area (Å²) in [6.45, 7) is 0. The molecule has 0 saturated heterocycles. The van der Waals surface area contributed by atoms with Crippen LogP contribution in [0.3, 0.4) is 0 Å². The summed E-state index contributed by atoms with van der Waals surface area (Å²) < 4.78 is 0. The quantitative estimate of drug-likeness (QED) is 0.817. The zero-order valence-corrected chi connectivity index (χ0v) is 10.8. The Morgan fingerprint density at radius 1 is 1.05 bits per heavy atom. The first-order chi connectivity index (χ1) is 9.31. The normalized spacial score (nSPS) is 12.7. The lowest BCUT2D eigenvalue weighted by molar-refractivity contribution is 0.833. The van der Waals surface area contributed by atoms with Gasteiger partial charge in [-0.3, -0.25) is 0 Å². The van der Waals surface area contributed by atoms with Gasteiger partial charge in [-0.15, -0.1) is 12.3 Å². The summed E-state index contributed by atoms with van der Waals surface area (Å²) in [6.07, 6.45) is 8.09. The molecule has 0 aliphatic carbocycles. The largest absolute Gasteiger partial charge is 0.321 e. The van der Waals surface area contributed by atoms with Crippen LogP contribution in [0, 0.1) is 12.3 Å². The van der Waals surface area contributed by atoms with Crippen molar-refractivity contribution in [3.63, 3.8) is 0 Å². The predicted octanol–water partition coefficient (Wildman–Crippen LogP) is 3.79. The molecule has 19 heavy (non-hydrogen) atoms. The molecule has 1 atom stereocenters. The Bertz CT molecular complexity index is 576. The van der Waals surface area contributed by atoms with E-state index in [0.29, 0.717) is 6.42 Å². The van der Waals surface area contributed by atoms with Crippen molar-refractivity contribution in [1.29, 1.82) is 0 Å². The van der Waals surface area contributed by atoms with Gasteiger partial charge in [0.2, 0.25) is 0 Å². The summed E-state index contributed by atoms with van der Waals surface area (Å²) >= 11 is 0. The van der Waals surface area contributed by atoms with Gasteiger partial charge in [-0.1, -0.05) is 66.7 Å². The molecule has 0 saturated carbocycles. The van der Waals surface area contributed by atoms with Gasteiger partial charge in [-0.2, -0.15) is 0 Å². The van der Waals surface area contributed by atoms with E-state index in [0.717, 1.165) is 16.7 Å². The van der Waals surface area contributed by atoms with E-state index in [1.54, 1.807) is 0 Å². The average molecular weight is 247 g/mol. The third kappa shape index (κ3) is 3.58. The van der Waals surface area contributed by atoms with Crippen LogP contribution in [0.1, 0.15) is 23.6 Å². The van der Waals surface area contributed by atoms with Gasteiger partial charge in [0.1, 0.15) is 0 Å². The molecule has 2 aromatic rings. The fourth-order valence-corrected chi connectivity index (χ4v) is 2.01. The molecular weight excluding hydrogens is 230 g/mol. The van der Waals surface area contributed by atoms with Crippen LogP contribution in [0.5, 0.6) is 0 Å². The number of benzene rings is 2. The van der Waals surface area contributed by atoms with Crippen molar-refractivity contribution in [2.75, 3.05) is 0 Å². The highest BCUT2D eigenvalue weighted by Gasteiger charge is 2.10. The molecule has 0 heterocycles. The third-order valence-electron chi connectivity index (χ3n) is 3.02. The summed E-state index contributed by atoms with van der Waals surface area (Å²) in [4.78, 5) is 0. The lowest BCUT2D eigenvalue weighted by Gasteiger charge is -2.15. The van der Waals surface area contributed by atoms with Gasteiger partial charge in [-0.05, 0) is 16.7 Å². The van der Waals surface area contributed by atoms with Gasteiger partial charge in [0.05, 0.1) is 6.04 Å². The van der Waals surface area contributed by atoms with Crippen LogP contribution in [0.15, 0.2) is 66.2 Å². The second kappa shape index (κ2) is 6.58. The first kappa shape index (κ1) is 13.1. The van der Waals surface area contributed by atoms with Crippen molar-refractivity contribution in [2.24, 2.45) is 5.73 Å². The van der Waals surface area contributed by atoms with Gasteiger partial charge in [0, 0.05) is 6.42 Å². The van der Waals surface area contributed by atoms with Gasteiger partial charge >= 0.3 is 0 Å². The molecule has 1 nitrogen and oxygen atoms in total. The molecule has 1 heteroatoms. The average Bonchev–Trinajstić information content (AvgIpc) is 2.48. The van der Waals surface area contributed by atoms with Crippen LogP contribution in [0.2, 0.25) is 0 Å². The summed E-state index contributed by atoms with van der Waals surface area (Å²) in [7, 11) is 0. The second-order valence-corrected chi connectivity index (χ2v) is 4.40. The Hall–Kier alpha value is -2.30. The maximum atomic E-state index is 6.31. The molecule has 0 amide bonds. The molecule has 0 aromatic heterocycles. The first-order valence-corrected chi connectivity index (χ1v) is 6.31. The Labute approximate surface area is 114 Å². The second-order valence-electron chi connectivity index (χ2n) is 4.40. The number of rotatable bonds is 4. The number of nitrogens with two attached hydrogens (primary N) is 1. The summed E-state index contributed by atoms with van der Waals surface area (Å²) in [5.41, 5.74) is 9.57. The van der Waals surface area contributed by atoms with E-state index in [4.69, 9.17) is 12.2 Å². The van der Waals surface area contributed by atoms with Crippen LogP contribution >= 0.6 is 0 Å². The van der Waals surface area contributed by atoms with Crippen LogP contribution in [0.25, 0.3) is 6.08 Å². The molecule has 0 aliphatic heterocycles. The van der Waals surface area contributed by atoms with Gasteiger partial charge in [0.15, 0.2) is 0 Å². The molecule has 0 fully saturated rings. The molecule has 0 aliphatic rings. The smallest absolute Gasteiger partial charge is 0.0523 e. The molecule has 0 spiro atoms. The Kier molecular flexibility index (Phi) is 4.55. The molecule has 2 N–H and O–H groups in total. The fourth-order valence-electron chi connectivity index (χ4n) is 2.01. The molecule has 1 unspecified atom stereocenters. The van der Waals surface area contributed by atoms with E-state index < -0.39 is 0 Å². The van der Waals surface area contributed by atoms with Gasteiger partial charge in [-0.25, -0.2) is 0 Å².